The molecular formula is C33H28Cl4N4O4. The van der Waals surface area contributed by atoms with Crippen molar-refractivity contribution in [2.24, 2.45) is 0 Å². The summed E-state index contributed by atoms with van der Waals surface area (Å²) >= 11 is 25.1. The summed E-state index contributed by atoms with van der Waals surface area (Å²) in [5.41, 5.74) is 4.35. The summed E-state index contributed by atoms with van der Waals surface area (Å²) in [5.74, 6) is 1.41. The van der Waals surface area contributed by atoms with Gasteiger partial charge in [-0.25, -0.2) is 9.97 Å². The molecule has 232 valence electrons. The molecule has 1 N–H and O–H groups in total. The van der Waals surface area contributed by atoms with E-state index in [-0.39, 0.29) is 27.5 Å². The van der Waals surface area contributed by atoms with Gasteiger partial charge in [0.1, 0.15) is 16.1 Å². The molecule has 1 aliphatic heterocycles. The van der Waals surface area contributed by atoms with Crippen molar-refractivity contribution in [1.29, 1.82) is 0 Å². The Morgan fingerprint density at radius 3 is 2.33 bits per heavy atom. The Morgan fingerprint density at radius 2 is 1.62 bits per heavy atom. The fraction of sp³-hybridized carbons (Fsp3) is 0.242. The van der Waals surface area contributed by atoms with E-state index in [1.807, 2.05) is 29.2 Å². The van der Waals surface area contributed by atoms with Crippen LogP contribution in [0.1, 0.15) is 47.2 Å². The third-order valence-corrected chi connectivity index (χ3v) is 8.68. The van der Waals surface area contributed by atoms with Crippen LogP contribution in [0.5, 0.6) is 17.2 Å². The highest BCUT2D eigenvalue weighted by Crippen LogP contribution is 2.49. The number of rotatable bonds is 8. The Bertz CT molecular complexity index is 1790. The van der Waals surface area contributed by atoms with Gasteiger partial charge in [-0.3, -0.25) is 4.79 Å². The van der Waals surface area contributed by atoms with E-state index < -0.39 is 0 Å². The first-order valence-electron chi connectivity index (χ1n) is 14.3. The number of carbonyl (C=O) groups excluding carboxylic acids is 1. The summed E-state index contributed by atoms with van der Waals surface area (Å²) in [6.07, 6.45) is 8.14. The average Bonchev–Trinajstić information content (AvgIpc) is 3.54. The van der Waals surface area contributed by atoms with Gasteiger partial charge in [0.25, 0.3) is 5.91 Å². The molecular weight excluding hydrogens is 658 g/mol. The number of methoxy groups -OCH3 is 2. The number of ether oxygens (including phenoxy) is 3. The molecule has 0 spiro atoms. The summed E-state index contributed by atoms with van der Waals surface area (Å²) in [6.45, 7) is 0. The van der Waals surface area contributed by atoms with Gasteiger partial charge < -0.3 is 24.4 Å². The topological polar surface area (TPSA) is 85.8 Å². The molecule has 8 nitrogen and oxygen atoms in total. The average molecular weight is 686 g/mol. The molecule has 1 fully saturated rings. The molecule has 6 rings (SSSR count). The second-order valence-electron chi connectivity index (χ2n) is 10.6. The molecule has 12 heteroatoms. The summed E-state index contributed by atoms with van der Waals surface area (Å²) in [7, 11) is 3.21. The Hall–Kier alpha value is -3.69. The number of halogens is 4. The number of hydrogen-bond donors (Lipinski definition) is 1. The van der Waals surface area contributed by atoms with Crippen LogP contribution in [0.2, 0.25) is 20.5 Å². The first-order chi connectivity index (χ1) is 21.7. The van der Waals surface area contributed by atoms with Crippen LogP contribution in [0.3, 0.4) is 0 Å². The Morgan fingerprint density at radius 1 is 0.911 bits per heavy atom. The molecule has 4 aromatic rings. The van der Waals surface area contributed by atoms with Crippen LogP contribution in [-0.2, 0) is 6.42 Å². The maximum Gasteiger partial charge on any atom is 0.256 e. The standard InChI is InChI=1S/C33H28Cl4N4O4/c1-43-26-11-7-20(16-28(26)45-21-5-3-4-6-21)41-25(18-13-29(35)40-30(36)14-18)10-8-22-23(9-12-27(44-2)31(22)41)33(42)39-24-15-19(34)17-38-32(24)37/h7,9-17,21H,3-6,8H2,1-2H3,(H,39,42). The Kier molecular flexibility index (Phi) is 9.28. The molecule has 0 saturated heterocycles. The van der Waals surface area contributed by atoms with E-state index in [1.165, 1.54) is 6.20 Å². The van der Waals surface area contributed by atoms with Gasteiger partial charge in [-0.1, -0.05) is 52.5 Å². The molecule has 0 bridgehead atoms. The number of allylic oxidation sites excluding steroid dienone is 1. The summed E-state index contributed by atoms with van der Waals surface area (Å²) in [4.78, 5) is 23.9. The third kappa shape index (κ3) is 6.51. The first-order valence-corrected chi connectivity index (χ1v) is 15.8. The van der Waals surface area contributed by atoms with Gasteiger partial charge in [0.2, 0.25) is 0 Å². The van der Waals surface area contributed by atoms with Crippen molar-refractivity contribution in [3.05, 3.63) is 98.0 Å². The molecule has 2 aromatic heterocycles. The van der Waals surface area contributed by atoms with Gasteiger partial charge in [0.05, 0.1) is 48.1 Å². The van der Waals surface area contributed by atoms with Gasteiger partial charge in [-0.2, -0.15) is 0 Å². The van der Waals surface area contributed by atoms with Crippen molar-refractivity contribution < 1.29 is 19.0 Å². The van der Waals surface area contributed by atoms with E-state index in [0.29, 0.717) is 45.6 Å². The molecule has 1 saturated carbocycles. The van der Waals surface area contributed by atoms with Gasteiger partial charge in [-0.15, -0.1) is 0 Å². The monoisotopic (exact) mass is 684 g/mol. The maximum absolute atomic E-state index is 13.8. The molecule has 3 heterocycles. The van der Waals surface area contributed by atoms with E-state index in [0.717, 1.165) is 48.2 Å². The van der Waals surface area contributed by atoms with Crippen molar-refractivity contribution in [3.63, 3.8) is 0 Å². The van der Waals surface area contributed by atoms with Crippen LogP contribution >= 0.6 is 46.4 Å². The number of nitrogens with one attached hydrogen (secondary N) is 1. The molecule has 2 aliphatic rings. The second kappa shape index (κ2) is 13.3. The quantitative estimate of drug-likeness (QED) is 0.185. The molecule has 0 atom stereocenters. The molecule has 0 radical (unpaired) electrons. The number of carbonyl (C=O) groups is 1. The number of hydrogen-bond acceptors (Lipinski definition) is 7. The lowest BCUT2D eigenvalue weighted by molar-refractivity contribution is 0.102. The molecule has 1 amide bonds. The number of nitrogens with zero attached hydrogens (tertiary/aromatic N) is 3. The normalized spacial score (nSPS) is 14.5. The number of aromatic nitrogens is 2. The highest BCUT2D eigenvalue weighted by atomic mass is 35.5. The van der Waals surface area contributed by atoms with Crippen molar-refractivity contribution in [3.8, 4) is 17.2 Å². The second-order valence-corrected chi connectivity index (χ2v) is 12.1. The molecule has 0 unspecified atom stereocenters. The predicted molar refractivity (Wildman–Crippen MR) is 179 cm³/mol. The minimum absolute atomic E-state index is 0.105. The number of pyridine rings is 2. The molecule has 1 aliphatic carbocycles. The first kappa shape index (κ1) is 31.3. The maximum atomic E-state index is 13.8. The van der Waals surface area contributed by atoms with Crippen LogP contribution in [-0.4, -0.2) is 36.2 Å². The van der Waals surface area contributed by atoms with E-state index in [1.54, 1.807) is 44.6 Å². The highest BCUT2D eigenvalue weighted by molar-refractivity contribution is 6.35. The predicted octanol–water partition coefficient (Wildman–Crippen LogP) is 9.42. The smallest absolute Gasteiger partial charge is 0.256 e. The van der Waals surface area contributed by atoms with Crippen LogP contribution in [0.25, 0.3) is 5.70 Å². The third-order valence-electron chi connectivity index (χ3n) is 7.79. The van der Waals surface area contributed by atoms with E-state index in [4.69, 9.17) is 60.6 Å². The lowest BCUT2D eigenvalue weighted by Gasteiger charge is -2.35. The van der Waals surface area contributed by atoms with Gasteiger partial charge >= 0.3 is 0 Å². The molecule has 45 heavy (non-hydrogen) atoms. The summed E-state index contributed by atoms with van der Waals surface area (Å²) in [6, 6.07) is 14.3. The Balaban J connectivity index is 1.51. The molecule has 2 aromatic carbocycles. The summed E-state index contributed by atoms with van der Waals surface area (Å²) < 4.78 is 18.0. The van der Waals surface area contributed by atoms with Crippen LogP contribution in [0.4, 0.5) is 17.1 Å². The van der Waals surface area contributed by atoms with Crippen molar-refractivity contribution in [2.45, 2.75) is 38.2 Å². The zero-order valence-corrected chi connectivity index (χ0v) is 27.4. The van der Waals surface area contributed by atoms with Crippen molar-refractivity contribution in [2.75, 3.05) is 24.4 Å². The number of benzene rings is 2. The number of amides is 1. The fourth-order valence-corrected chi connectivity index (χ4v) is 6.53. The van der Waals surface area contributed by atoms with Crippen molar-refractivity contribution >= 4 is 75.1 Å². The van der Waals surface area contributed by atoms with Crippen LogP contribution < -0.4 is 24.4 Å². The van der Waals surface area contributed by atoms with Crippen molar-refractivity contribution in [1.82, 2.24) is 9.97 Å². The summed E-state index contributed by atoms with van der Waals surface area (Å²) in [5, 5.41) is 3.81. The van der Waals surface area contributed by atoms with Crippen LogP contribution in [0.15, 0.2) is 60.8 Å². The minimum Gasteiger partial charge on any atom is -0.495 e. The lowest BCUT2D eigenvalue weighted by atomic mass is 9.93. The largest absolute Gasteiger partial charge is 0.495 e. The number of anilines is 3. The van der Waals surface area contributed by atoms with E-state index in [2.05, 4.69) is 15.3 Å². The van der Waals surface area contributed by atoms with E-state index in [9.17, 15) is 4.79 Å². The minimum atomic E-state index is -0.383. The fourth-order valence-electron chi connectivity index (χ4n) is 5.76. The van der Waals surface area contributed by atoms with Crippen LogP contribution in [0, 0.1) is 0 Å². The SMILES string of the molecule is COc1ccc(N2C(c3cc(Cl)nc(Cl)c3)=CCc3c(C(=O)Nc4cc(Cl)cnc4Cl)ccc(OC)c32)cc1OC1CCCC1. The lowest BCUT2D eigenvalue weighted by Crippen LogP contribution is -2.24. The number of fused-ring (bicyclic) bond motifs is 1. The zero-order chi connectivity index (χ0) is 31.7. The Labute approximate surface area is 280 Å². The van der Waals surface area contributed by atoms with Gasteiger partial charge in [0.15, 0.2) is 16.7 Å². The van der Waals surface area contributed by atoms with Gasteiger partial charge in [0, 0.05) is 23.4 Å². The van der Waals surface area contributed by atoms with Gasteiger partial charge in [-0.05, 0) is 80.1 Å². The zero-order valence-electron chi connectivity index (χ0n) is 24.4. The van der Waals surface area contributed by atoms with E-state index >= 15 is 0 Å². The highest BCUT2D eigenvalue weighted by Gasteiger charge is 2.31.